The van der Waals surface area contributed by atoms with E-state index in [1.165, 1.54) is 10.5 Å². The van der Waals surface area contributed by atoms with E-state index in [4.69, 9.17) is 0 Å². The summed E-state index contributed by atoms with van der Waals surface area (Å²) in [4.78, 5) is 14.5. The lowest BCUT2D eigenvalue weighted by Crippen LogP contribution is -2.22. The highest BCUT2D eigenvalue weighted by Gasteiger charge is 2.14. The summed E-state index contributed by atoms with van der Waals surface area (Å²) < 4.78 is 0. The molecule has 2 aromatic carbocycles. The maximum Gasteiger partial charge on any atom is 0.237 e. The first kappa shape index (κ1) is 16.0. The van der Waals surface area contributed by atoms with Crippen LogP contribution >= 0.6 is 23.5 Å². The molecule has 0 aliphatic heterocycles. The van der Waals surface area contributed by atoms with E-state index in [1.807, 2.05) is 37.4 Å². The molecule has 1 atom stereocenters. The first-order valence-electron chi connectivity index (χ1n) is 6.77. The highest BCUT2D eigenvalue weighted by molar-refractivity contribution is 8.00. The molecule has 0 fully saturated rings. The number of hydrogen-bond acceptors (Lipinski definition) is 3. The van der Waals surface area contributed by atoms with Crippen molar-refractivity contribution in [1.82, 2.24) is 0 Å². The van der Waals surface area contributed by atoms with Crippen LogP contribution < -0.4 is 5.32 Å². The Balaban J connectivity index is 1.93. The predicted octanol–water partition coefficient (Wildman–Crippen LogP) is 4.84. The Morgan fingerprint density at radius 1 is 1.00 bits per heavy atom. The summed E-state index contributed by atoms with van der Waals surface area (Å²) in [6.07, 6.45) is 2.04. The molecule has 0 unspecified atom stereocenters. The summed E-state index contributed by atoms with van der Waals surface area (Å²) in [7, 11) is 0. The van der Waals surface area contributed by atoms with Gasteiger partial charge in [-0.1, -0.05) is 17.7 Å². The second-order valence-electron chi connectivity index (χ2n) is 4.79. The van der Waals surface area contributed by atoms with Crippen molar-refractivity contribution in [3.05, 3.63) is 54.1 Å². The second-order valence-corrected chi connectivity index (χ2v) is 7.08. The fourth-order valence-electron chi connectivity index (χ4n) is 1.79. The Morgan fingerprint density at radius 2 is 1.57 bits per heavy atom. The number of carbonyl (C=O) groups excluding carboxylic acids is 1. The highest BCUT2D eigenvalue weighted by atomic mass is 32.2. The van der Waals surface area contributed by atoms with Gasteiger partial charge in [0, 0.05) is 15.5 Å². The molecule has 2 nitrogen and oxygen atoms in total. The standard InChI is InChI=1S/C17H19NOS2/c1-12-4-8-16(9-5-12)21-13(2)17(19)18-14-6-10-15(20-3)11-7-14/h4-11,13H,1-3H3,(H,18,19)/t13-/m1/s1. The molecule has 0 aliphatic rings. The van der Waals surface area contributed by atoms with Crippen LogP contribution in [0.3, 0.4) is 0 Å². The van der Waals surface area contributed by atoms with Gasteiger partial charge >= 0.3 is 0 Å². The van der Waals surface area contributed by atoms with Gasteiger partial charge in [-0.25, -0.2) is 0 Å². The lowest BCUT2D eigenvalue weighted by atomic mass is 10.2. The zero-order valence-corrected chi connectivity index (χ0v) is 14.1. The summed E-state index contributed by atoms with van der Waals surface area (Å²) in [6, 6.07) is 16.1. The van der Waals surface area contributed by atoms with Gasteiger partial charge < -0.3 is 5.32 Å². The average molecular weight is 317 g/mol. The van der Waals surface area contributed by atoms with E-state index in [0.29, 0.717) is 0 Å². The van der Waals surface area contributed by atoms with E-state index in [1.54, 1.807) is 23.5 Å². The molecule has 0 spiro atoms. The minimum absolute atomic E-state index is 0.0254. The van der Waals surface area contributed by atoms with Gasteiger partial charge in [-0.2, -0.15) is 0 Å². The largest absolute Gasteiger partial charge is 0.325 e. The summed E-state index contributed by atoms with van der Waals surface area (Å²) in [5, 5.41) is 2.82. The molecule has 21 heavy (non-hydrogen) atoms. The highest BCUT2D eigenvalue weighted by Crippen LogP contribution is 2.25. The number of hydrogen-bond donors (Lipinski definition) is 1. The second kappa shape index (κ2) is 7.57. The topological polar surface area (TPSA) is 29.1 Å². The molecule has 0 heterocycles. The number of rotatable bonds is 5. The Hall–Kier alpha value is -1.39. The molecule has 0 saturated heterocycles. The van der Waals surface area contributed by atoms with Gasteiger partial charge in [-0.05, 0) is 56.5 Å². The zero-order valence-electron chi connectivity index (χ0n) is 12.4. The molecular formula is C17H19NOS2. The Morgan fingerprint density at radius 3 is 2.14 bits per heavy atom. The molecule has 4 heteroatoms. The van der Waals surface area contributed by atoms with Crippen LogP contribution in [0.15, 0.2) is 58.3 Å². The lowest BCUT2D eigenvalue weighted by Gasteiger charge is -2.12. The van der Waals surface area contributed by atoms with E-state index in [0.717, 1.165) is 10.6 Å². The molecule has 0 saturated carbocycles. The van der Waals surface area contributed by atoms with Gasteiger partial charge in [0.1, 0.15) is 0 Å². The van der Waals surface area contributed by atoms with Crippen LogP contribution in [0.25, 0.3) is 0 Å². The summed E-state index contributed by atoms with van der Waals surface area (Å²) in [5.41, 5.74) is 2.07. The molecular weight excluding hydrogens is 298 g/mol. The van der Waals surface area contributed by atoms with Crippen LogP contribution in [-0.4, -0.2) is 17.4 Å². The number of benzene rings is 2. The van der Waals surface area contributed by atoms with Crippen molar-refractivity contribution in [2.45, 2.75) is 28.9 Å². The molecule has 110 valence electrons. The number of nitrogens with one attached hydrogen (secondary N) is 1. The van der Waals surface area contributed by atoms with Gasteiger partial charge in [-0.15, -0.1) is 23.5 Å². The third-order valence-electron chi connectivity index (χ3n) is 3.06. The van der Waals surface area contributed by atoms with E-state index < -0.39 is 0 Å². The molecule has 1 N–H and O–H groups in total. The minimum Gasteiger partial charge on any atom is -0.325 e. The summed E-state index contributed by atoms with van der Waals surface area (Å²) in [5.74, 6) is 0.0254. The van der Waals surface area contributed by atoms with E-state index in [9.17, 15) is 4.79 Å². The van der Waals surface area contributed by atoms with Crippen LogP contribution in [0.5, 0.6) is 0 Å². The molecule has 1 amide bonds. The average Bonchev–Trinajstić information content (AvgIpc) is 2.50. The number of anilines is 1. The predicted molar refractivity (Wildman–Crippen MR) is 93.4 cm³/mol. The van der Waals surface area contributed by atoms with Crippen LogP contribution in [0, 0.1) is 6.92 Å². The lowest BCUT2D eigenvalue weighted by molar-refractivity contribution is -0.115. The Kier molecular flexibility index (Phi) is 5.76. The van der Waals surface area contributed by atoms with Crippen molar-refractivity contribution in [2.75, 3.05) is 11.6 Å². The fourth-order valence-corrected chi connectivity index (χ4v) is 3.07. The maximum atomic E-state index is 12.2. The normalized spacial score (nSPS) is 12.0. The molecule has 0 bridgehead atoms. The van der Waals surface area contributed by atoms with Crippen molar-refractivity contribution >= 4 is 35.1 Å². The van der Waals surface area contributed by atoms with Crippen LogP contribution in [0.1, 0.15) is 12.5 Å². The monoisotopic (exact) mass is 317 g/mol. The van der Waals surface area contributed by atoms with E-state index in [-0.39, 0.29) is 11.2 Å². The van der Waals surface area contributed by atoms with Crippen molar-refractivity contribution in [1.29, 1.82) is 0 Å². The quantitative estimate of drug-likeness (QED) is 0.800. The molecule has 0 aromatic heterocycles. The molecule has 0 radical (unpaired) electrons. The van der Waals surface area contributed by atoms with Gasteiger partial charge in [0.05, 0.1) is 5.25 Å². The number of amides is 1. The number of thioether (sulfide) groups is 2. The maximum absolute atomic E-state index is 12.2. The third-order valence-corrected chi connectivity index (χ3v) is 4.92. The molecule has 2 aromatic rings. The van der Waals surface area contributed by atoms with E-state index in [2.05, 4.69) is 36.5 Å². The van der Waals surface area contributed by atoms with Gasteiger partial charge in [-0.3, -0.25) is 4.79 Å². The van der Waals surface area contributed by atoms with Crippen LogP contribution in [0.4, 0.5) is 5.69 Å². The Bertz CT molecular complexity index is 593. The molecule has 0 aliphatic carbocycles. The van der Waals surface area contributed by atoms with E-state index >= 15 is 0 Å². The smallest absolute Gasteiger partial charge is 0.237 e. The SMILES string of the molecule is CSc1ccc(NC(=O)[C@@H](C)Sc2ccc(C)cc2)cc1. The Labute approximate surface area is 134 Å². The van der Waals surface area contributed by atoms with Crippen LogP contribution in [0.2, 0.25) is 0 Å². The van der Waals surface area contributed by atoms with Crippen molar-refractivity contribution in [3.8, 4) is 0 Å². The van der Waals surface area contributed by atoms with Gasteiger partial charge in [0.25, 0.3) is 0 Å². The van der Waals surface area contributed by atoms with Gasteiger partial charge in [0.2, 0.25) is 5.91 Å². The number of carbonyl (C=O) groups is 1. The first-order valence-corrected chi connectivity index (χ1v) is 8.87. The molecule has 2 rings (SSSR count). The fraction of sp³-hybridized carbons (Fsp3) is 0.235. The van der Waals surface area contributed by atoms with Crippen LogP contribution in [-0.2, 0) is 4.79 Å². The minimum atomic E-state index is -0.132. The van der Waals surface area contributed by atoms with Gasteiger partial charge in [0.15, 0.2) is 0 Å². The summed E-state index contributed by atoms with van der Waals surface area (Å²) >= 11 is 3.26. The third kappa shape index (κ3) is 4.83. The van der Waals surface area contributed by atoms with Crippen molar-refractivity contribution in [2.24, 2.45) is 0 Å². The van der Waals surface area contributed by atoms with Crippen molar-refractivity contribution < 1.29 is 4.79 Å². The number of aryl methyl sites for hydroxylation is 1. The summed E-state index contributed by atoms with van der Waals surface area (Å²) in [6.45, 7) is 3.99. The first-order chi connectivity index (χ1) is 10.1. The van der Waals surface area contributed by atoms with Crippen molar-refractivity contribution in [3.63, 3.8) is 0 Å². The zero-order chi connectivity index (χ0) is 15.2.